The van der Waals surface area contributed by atoms with Crippen molar-refractivity contribution in [2.45, 2.75) is 6.42 Å². The molecule has 0 atom stereocenters. The Kier molecular flexibility index (Phi) is 2.86. The van der Waals surface area contributed by atoms with Crippen molar-refractivity contribution in [2.75, 3.05) is 6.61 Å². The van der Waals surface area contributed by atoms with E-state index in [4.69, 9.17) is 5.90 Å². The number of benzene rings is 1. The van der Waals surface area contributed by atoms with E-state index < -0.39 is 0 Å². The van der Waals surface area contributed by atoms with Crippen LogP contribution in [0.5, 0.6) is 0 Å². The van der Waals surface area contributed by atoms with Gasteiger partial charge in [0.1, 0.15) is 0 Å². The third-order valence-corrected chi connectivity index (χ3v) is 2.86. The molecule has 0 saturated heterocycles. The molecular weight excluding hydrogens is 244 g/mol. The minimum absolute atomic E-state index is 0.549. The van der Waals surface area contributed by atoms with Crippen molar-refractivity contribution in [2.24, 2.45) is 5.90 Å². The van der Waals surface area contributed by atoms with E-state index in [1.165, 1.54) is 10.9 Å². The van der Waals surface area contributed by atoms with Gasteiger partial charge >= 0.3 is 0 Å². The quantitative estimate of drug-likeness (QED) is 0.827. The van der Waals surface area contributed by atoms with Gasteiger partial charge in [-0.3, -0.25) is 0 Å². The number of nitrogens with two attached hydrogens (primary N) is 1. The molecule has 1 aromatic heterocycles. The van der Waals surface area contributed by atoms with Gasteiger partial charge in [-0.05, 0) is 34.0 Å². The molecular formula is C10H11BrN2O. The summed E-state index contributed by atoms with van der Waals surface area (Å²) in [6.07, 6.45) is 2.77. The molecule has 0 bridgehead atoms. The first-order valence-corrected chi connectivity index (χ1v) is 5.18. The van der Waals surface area contributed by atoms with Gasteiger partial charge in [0.2, 0.25) is 0 Å². The fraction of sp³-hybridized carbons (Fsp3) is 0.200. The first kappa shape index (κ1) is 9.71. The molecule has 3 N–H and O–H groups in total. The zero-order valence-electron chi connectivity index (χ0n) is 7.59. The second-order valence-electron chi connectivity index (χ2n) is 3.14. The predicted octanol–water partition coefficient (Wildman–Crippen LogP) is 2.36. The lowest BCUT2D eigenvalue weighted by Crippen LogP contribution is -2.03. The van der Waals surface area contributed by atoms with Gasteiger partial charge in [-0.1, -0.05) is 12.1 Å². The fourth-order valence-electron chi connectivity index (χ4n) is 1.47. The maximum absolute atomic E-state index is 4.98. The lowest BCUT2D eigenvalue weighted by molar-refractivity contribution is 0.141. The van der Waals surface area contributed by atoms with Crippen molar-refractivity contribution < 1.29 is 4.84 Å². The van der Waals surface area contributed by atoms with Gasteiger partial charge in [0.15, 0.2) is 0 Å². The third-order valence-electron chi connectivity index (χ3n) is 2.20. The Labute approximate surface area is 90.3 Å². The van der Waals surface area contributed by atoms with Crippen molar-refractivity contribution in [3.05, 3.63) is 34.4 Å². The molecule has 0 radical (unpaired) electrons. The van der Waals surface area contributed by atoms with E-state index in [1.807, 2.05) is 6.20 Å². The monoisotopic (exact) mass is 254 g/mol. The second-order valence-corrected chi connectivity index (χ2v) is 3.99. The highest BCUT2D eigenvalue weighted by molar-refractivity contribution is 9.10. The number of rotatable bonds is 3. The number of aromatic amines is 1. The SMILES string of the molecule is NOCCc1ccc2c(Br)c[nH]c2c1. The largest absolute Gasteiger partial charge is 0.360 e. The average Bonchev–Trinajstić information content (AvgIpc) is 2.57. The summed E-state index contributed by atoms with van der Waals surface area (Å²) in [5.74, 6) is 4.98. The zero-order valence-corrected chi connectivity index (χ0v) is 9.17. The summed E-state index contributed by atoms with van der Waals surface area (Å²) in [5, 5.41) is 1.20. The van der Waals surface area contributed by atoms with Gasteiger partial charge in [0, 0.05) is 21.6 Å². The molecule has 74 valence electrons. The highest BCUT2D eigenvalue weighted by Crippen LogP contribution is 2.24. The van der Waals surface area contributed by atoms with Crippen molar-refractivity contribution in [1.82, 2.24) is 4.98 Å². The molecule has 0 fully saturated rings. The number of aromatic nitrogens is 1. The molecule has 2 aromatic rings. The summed E-state index contributed by atoms with van der Waals surface area (Å²) in [7, 11) is 0. The maximum atomic E-state index is 4.98. The van der Waals surface area contributed by atoms with E-state index in [0.29, 0.717) is 6.61 Å². The van der Waals surface area contributed by atoms with E-state index in [-0.39, 0.29) is 0 Å². The minimum atomic E-state index is 0.549. The van der Waals surface area contributed by atoms with Gasteiger partial charge in [-0.2, -0.15) is 0 Å². The lowest BCUT2D eigenvalue weighted by Gasteiger charge is -2.00. The summed E-state index contributed by atoms with van der Waals surface area (Å²) in [4.78, 5) is 7.73. The van der Waals surface area contributed by atoms with Crippen LogP contribution in [0, 0.1) is 0 Å². The van der Waals surface area contributed by atoms with Crippen LogP contribution in [-0.4, -0.2) is 11.6 Å². The number of hydrogen-bond acceptors (Lipinski definition) is 2. The van der Waals surface area contributed by atoms with Crippen molar-refractivity contribution in [3.63, 3.8) is 0 Å². The Morgan fingerprint density at radius 1 is 1.43 bits per heavy atom. The highest BCUT2D eigenvalue weighted by Gasteiger charge is 2.01. The van der Waals surface area contributed by atoms with Gasteiger partial charge in [0.05, 0.1) is 6.61 Å². The Bertz CT molecular complexity index is 439. The van der Waals surface area contributed by atoms with E-state index in [9.17, 15) is 0 Å². The van der Waals surface area contributed by atoms with E-state index in [1.54, 1.807) is 0 Å². The molecule has 0 saturated carbocycles. The molecule has 2 rings (SSSR count). The standard InChI is InChI=1S/C10H11BrN2O/c11-9-6-13-10-5-7(3-4-14-12)1-2-8(9)10/h1-2,5-6,13H,3-4,12H2. The molecule has 0 spiro atoms. The summed E-state index contributed by atoms with van der Waals surface area (Å²) < 4.78 is 1.09. The lowest BCUT2D eigenvalue weighted by atomic mass is 10.1. The molecule has 1 heterocycles. The topological polar surface area (TPSA) is 51.0 Å². The van der Waals surface area contributed by atoms with Crippen LogP contribution in [0.4, 0.5) is 0 Å². The zero-order chi connectivity index (χ0) is 9.97. The van der Waals surface area contributed by atoms with Gasteiger partial charge in [-0.25, -0.2) is 5.90 Å². The van der Waals surface area contributed by atoms with E-state index >= 15 is 0 Å². The van der Waals surface area contributed by atoms with Crippen LogP contribution in [0.1, 0.15) is 5.56 Å². The molecule has 0 aliphatic heterocycles. The fourth-order valence-corrected chi connectivity index (χ4v) is 1.93. The summed E-state index contributed by atoms with van der Waals surface area (Å²) in [6.45, 7) is 0.549. The Hall–Kier alpha value is -0.840. The number of hydrogen-bond donors (Lipinski definition) is 2. The van der Waals surface area contributed by atoms with Crippen LogP contribution in [0.2, 0.25) is 0 Å². The normalized spacial score (nSPS) is 11.0. The molecule has 3 nitrogen and oxygen atoms in total. The first-order valence-electron chi connectivity index (χ1n) is 4.38. The van der Waals surface area contributed by atoms with Gasteiger partial charge in [-0.15, -0.1) is 0 Å². The Morgan fingerprint density at radius 2 is 2.29 bits per heavy atom. The minimum Gasteiger partial charge on any atom is -0.360 e. The highest BCUT2D eigenvalue weighted by atomic mass is 79.9. The third kappa shape index (κ3) is 1.82. The van der Waals surface area contributed by atoms with E-state index in [2.05, 4.69) is 44.0 Å². The summed E-state index contributed by atoms with van der Waals surface area (Å²) in [5.41, 5.74) is 2.35. The van der Waals surface area contributed by atoms with E-state index in [0.717, 1.165) is 16.4 Å². The first-order chi connectivity index (χ1) is 6.81. The Morgan fingerprint density at radius 3 is 3.07 bits per heavy atom. The van der Waals surface area contributed by atoms with Crippen LogP contribution < -0.4 is 5.90 Å². The Balaban J connectivity index is 2.32. The molecule has 0 aliphatic rings. The van der Waals surface area contributed by atoms with Crippen molar-refractivity contribution >= 4 is 26.8 Å². The van der Waals surface area contributed by atoms with Crippen LogP contribution in [-0.2, 0) is 11.3 Å². The number of nitrogens with one attached hydrogen (secondary N) is 1. The maximum Gasteiger partial charge on any atom is 0.0719 e. The molecule has 1 aromatic carbocycles. The second kappa shape index (κ2) is 4.13. The molecule has 4 heteroatoms. The van der Waals surface area contributed by atoms with Crippen LogP contribution in [0.25, 0.3) is 10.9 Å². The number of halogens is 1. The molecule has 0 aliphatic carbocycles. The smallest absolute Gasteiger partial charge is 0.0719 e. The molecule has 0 unspecified atom stereocenters. The van der Waals surface area contributed by atoms with Gasteiger partial charge < -0.3 is 9.82 Å². The van der Waals surface area contributed by atoms with Crippen molar-refractivity contribution in [1.29, 1.82) is 0 Å². The number of fused-ring (bicyclic) bond motifs is 1. The average molecular weight is 255 g/mol. The molecule has 0 amide bonds. The number of H-pyrrole nitrogens is 1. The van der Waals surface area contributed by atoms with Crippen LogP contribution in [0.15, 0.2) is 28.9 Å². The molecule has 14 heavy (non-hydrogen) atoms. The van der Waals surface area contributed by atoms with Crippen molar-refractivity contribution in [3.8, 4) is 0 Å². The predicted molar refractivity (Wildman–Crippen MR) is 59.8 cm³/mol. The van der Waals surface area contributed by atoms with Gasteiger partial charge in [0.25, 0.3) is 0 Å². The van der Waals surface area contributed by atoms with Crippen LogP contribution in [0.3, 0.4) is 0 Å². The van der Waals surface area contributed by atoms with Crippen LogP contribution >= 0.6 is 15.9 Å². The summed E-state index contributed by atoms with van der Waals surface area (Å²) in [6, 6.07) is 6.28. The summed E-state index contributed by atoms with van der Waals surface area (Å²) >= 11 is 3.47.